The number of aryl methyl sites for hydroxylation is 1. The van der Waals surface area contributed by atoms with E-state index in [1.54, 1.807) is 18.1 Å². The Balaban J connectivity index is 2.96. The van der Waals surface area contributed by atoms with Gasteiger partial charge in [0.15, 0.2) is 0 Å². The molecule has 0 aromatic carbocycles. The first-order valence-corrected chi connectivity index (χ1v) is 5.82. The first kappa shape index (κ1) is 14.2. The molecule has 0 amide bonds. The van der Waals surface area contributed by atoms with Gasteiger partial charge >= 0.3 is 5.97 Å². The van der Waals surface area contributed by atoms with Crippen LogP contribution >= 0.6 is 0 Å². The second-order valence-corrected chi connectivity index (χ2v) is 3.85. The Morgan fingerprint density at radius 1 is 1.39 bits per heavy atom. The van der Waals surface area contributed by atoms with Crippen LogP contribution in [-0.4, -0.2) is 43.2 Å². The van der Waals surface area contributed by atoms with Crippen molar-refractivity contribution in [3.05, 3.63) is 11.8 Å². The second kappa shape index (κ2) is 6.78. The van der Waals surface area contributed by atoms with E-state index >= 15 is 0 Å². The zero-order valence-corrected chi connectivity index (χ0v) is 11.3. The molecular weight excluding hydrogens is 234 g/mol. The van der Waals surface area contributed by atoms with E-state index in [2.05, 4.69) is 14.7 Å². The molecule has 6 nitrogen and oxygen atoms in total. The van der Waals surface area contributed by atoms with Crippen LogP contribution in [0.3, 0.4) is 0 Å². The average molecular weight is 253 g/mol. The van der Waals surface area contributed by atoms with Crippen LogP contribution in [0, 0.1) is 6.92 Å². The summed E-state index contributed by atoms with van der Waals surface area (Å²) in [4.78, 5) is 21.7. The van der Waals surface area contributed by atoms with Crippen LogP contribution in [0.2, 0.25) is 0 Å². The number of hydrogen-bond donors (Lipinski definition) is 0. The molecule has 0 atom stereocenters. The summed E-state index contributed by atoms with van der Waals surface area (Å²) in [6.07, 6.45) is 0.886. The lowest BCUT2D eigenvalue weighted by atomic mass is 10.4. The molecule has 1 aromatic heterocycles. The molecule has 0 aliphatic carbocycles. The van der Waals surface area contributed by atoms with Crippen LogP contribution < -0.4 is 9.64 Å². The zero-order valence-electron chi connectivity index (χ0n) is 11.3. The highest BCUT2D eigenvalue weighted by Gasteiger charge is 2.15. The third-order valence-electron chi connectivity index (χ3n) is 2.35. The summed E-state index contributed by atoms with van der Waals surface area (Å²) < 4.78 is 9.77. The van der Waals surface area contributed by atoms with E-state index in [0.29, 0.717) is 18.4 Å². The topological polar surface area (TPSA) is 64.6 Å². The molecule has 1 aromatic rings. The maximum Gasteiger partial charge on any atom is 0.325 e. The van der Waals surface area contributed by atoms with Crippen molar-refractivity contribution in [1.29, 1.82) is 0 Å². The van der Waals surface area contributed by atoms with Gasteiger partial charge in [-0.3, -0.25) is 4.79 Å². The minimum Gasteiger partial charge on any atom is -0.481 e. The molecule has 0 unspecified atom stereocenters. The molecule has 0 radical (unpaired) electrons. The fraction of sp³-hybridized carbons (Fsp3) is 0.583. The summed E-state index contributed by atoms with van der Waals surface area (Å²) in [5.41, 5.74) is 0.794. The molecule has 0 saturated heterocycles. The van der Waals surface area contributed by atoms with Gasteiger partial charge in [-0.25, -0.2) is 4.98 Å². The van der Waals surface area contributed by atoms with E-state index in [-0.39, 0.29) is 12.5 Å². The summed E-state index contributed by atoms with van der Waals surface area (Å²) in [5.74, 6) is 0.662. The van der Waals surface area contributed by atoms with Crippen LogP contribution in [0.4, 0.5) is 5.95 Å². The van der Waals surface area contributed by atoms with Gasteiger partial charge in [-0.15, -0.1) is 0 Å². The van der Waals surface area contributed by atoms with E-state index in [4.69, 9.17) is 4.74 Å². The summed E-state index contributed by atoms with van der Waals surface area (Å²) in [6.45, 7) is 4.70. The van der Waals surface area contributed by atoms with Gasteiger partial charge in [-0.05, 0) is 13.3 Å². The smallest absolute Gasteiger partial charge is 0.325 e. The Morgan fingerprint density at radius 3 is 2.67 bits per heavy atom. The number of ether oxygens (including phenoxy) is 2. The van der Waals surface area contributed by atoms with Crippen LogP contribution in [0.5, 0.6) is 5.88 Å². The molecule has 1 heterocycles. The fourth-order valence-electron chi connectivity index (χ4n) is 1.51. The van der Waals surface area contributed by atoms with E-state index in [1.807, 2.05) is 13.8 Å². The lowest BCUT2D eigenvalue weighted by Crippen LogP contribution is -2.32. The maximum atomic E-state index is 11.4. The average Bonchev–Trinajstić information content (AvgIpc) is 2.37. The van der Waals surface area contributed by atoms with Gasteiger partial charge in [0.25, 0.3) is 0 Å². The van der Waals surface area contributed by atoms with Gasteiger partial charge in [0, 0.05) is 18.3 Å². The highest BCUT2D eigenvalue weighted by Crippen LogP contribution is 2.15. The number of hydrogen-bond acceptors (Lipinski definition) is 6. The predicted molar refractivity (Wildman–Crippen MR) is 67.8 cm³/mol. The Kier molecular flexibility index (Phi) is 5.35. The summed E-state index contributed by atoms with van der Waals surface area (Å²) >= 11 is 0. The molecule has 0 fully saturated rings. The van der Waals surface area contributed by atoms with Crippen molar-refractivity contribution in [2.75, 3.05) is 32.2 Å². The van der Waals surface area contributed by atoms with E-state index in [9.17, 15) is 4.79 Å². The van der Waals surface area contributed by atoms with Crippen LogP contribution in [-0.2, 0) is 9.53 Å². The molecule has 0 aliphatic rings. The number of carbonyl (C=O) groups is 1. The molecular formula is C12H19N3O3. The quantitative estimate of drug-likeness (QED) is 0.709. The van der Waals surface area contributed by atoms with Gasteiger partial charge in [-0.2, -0.15) is 4.98 Å². The number of carbonyl (C=O) groups excluding carboxylic acids is 1. The molecule has 0 bridgehead atoms. The third kappa shape index (κ3) is 3.87. The first-order chi connectivity index (χ1) is 8.60. The predicted octanol–water partition coefficient (Wildman–Crippen LogP) is 1.18. The van der Waals surface area contributed by atoms with Crippen molar-refractivity contribution >= 4 is 11.9 Å². The molecule has 0 spiro atoms. The van der Waals surface area contributed by atoms with Gasteiger partial charge in [-0.1, -0.05) is 6.92 Å². The minimum atomic E-state index is -0.312. The molecule has 1 rings (SSSR count). The van der Waals surface area contributed by atoms with Crippen molar-refractivity contribution in [3.63, 3.8) is 0 Å². The number of nitrogens with zero attached hydrogens (tertiary/aromatic N) is 3. The maximum absolute atomic E-state index is 11.4. The standard InChI is InChI=1S/C12H19N3O3/c1-5-6-15(8-11(16)18-4)12-13-9(2)7-10(14-12)17-3/h7H,5-6,8H2,1-4H3. The summed E-state index contributed by atoms with van der Waals surface area (Å²) in [5, 5.41) is 0. The molecule has 0 N–H and O–H groups in total. The Hall–Kier alpha value is -1.85. The Morgan fingerprint density at radius 2 is 2.11 bits per heavy atom. The second-order valence-electron chi connectivity index (χ2n) is 3.85. The van der Waals surface area contributed by atoms with Crippen LogP contribution in [0.1, 0.15) is 19.0 Å². The van der Waals surface area contributed by atoms with Crippen molar-refractivity contribution in [2.24, 2.45) is 0 Å². The molecule has 100 valence electrons. The molecule has 18 heavy (non-hydrogen) atoms. The van der Waals surface area contributed by atoms with E-state index in [0.717, 1.165) is 12.1 Å². The Bertz CT molecular complexity index is 410. The summed E-state index contributed by atoms with van der Waals surface area (Å²) in [6, 6.07) is 1.74. The molecule has 6 heteroatoms. The lowest BCUT2D eigenvalue weighted by molar-refractivity contribution is -0.139. The monoisotopic (exact) mass is 253 g/mol. The van der Waals surface area contributed by atoms with Crippen molar-refractivity contribution in [1.82, 2.24) is 9.97 Å². The largest absolute Gasteiger partial charge is 0.481 e. The van der Waals surface area contributed by atoms with Crippen molar-refractivity contribution < 1.29 is 14.3 Å². The zero-order chi connectivity index (χ0) is 13.5. The van der Waals surface area contributed by atoms with Gasteiger partial charge in [0.05, 0.1) is 14.2 Å². The number of methoxy groups -OCH3 is 2. The van der Waals surface area contributed by atoms with Gasteiger partial charge < -0.3 is 14.4 Å². The van der Waals surface area contributed by atoms with Gasteiger partial charge in [0.1, 0.15) is 6.54 Å². The molecule has 0 aliphatic heterocycles. The number of esters is 1. The highest BCUT2D eigenvalue weighted by molar-refractivity contribution is 5.74. The van der Waals surface area contributed by atoms with Crippen LogP contribution in [0.25, 0.3) is 0 Å². The number of rotatable bonds is 6. The summed E-state index contributed by atoms with van der Waals surface area (Å²) in [7, 11) is 2.92. The van der Waals surface area contributed by atoms with Gasteiger partial charge in [0.2, 0.25) is 11.8 Å². The van der Waals surface area contributed by atoms with Crippen molar-refractivity contribution in [2.45, 2.75) is 20.3 Å². The fourth-order valence-corrected chi connectivity index (χ4v) is 1.51. The number of aromatic nitrogens is 2. The normalized spacial score (nSPS) is 10.0. The lowest BCUT2D eigenvalue weighted by Gasteiger charge is -2.21. The SMILES string of the molecule is CCCN(CC(=O)OC)c1nc(C)cc(OC)n1. The third-order valence-corrected chi connectivity index (χ3v) is 2.35. The van der Waals surface area contributed by atoms with Crippen molar-refractivity contribution in [3.8, 4) is 5.88 Å². The van der Waals surface area contributed by atoms with E-state index < -0.39 is 0 Å². The van der Waals surface area contributed by atoms with E-state index in [1.165, 1.54) is 7.11 Å². The van der Waals surface area contributed by atoms with Crippen LogP contribution in [0.15, 0.2) is 6.07 Å². The minimum absolute atomic E-state index is 0.136. The number of anilines is 1. The first-order valence-electron chi connectivity index (χ1n) is 5.82. The Labute approximate surface area is 107 Å². The molecule has 0 saturated carbocycles. The highest BCUT2D eigenvalue weighted by atomic mass is 16.5.